The summed E-state index contributed by atoms with van der Waals surface area (Å²) in [5.74, 6) is 0.792. The van der Waals surface area contributed by atoms with Crippen molar-refractivity contribution in [3.05, 3.63) is 42.0 Å². The fourth-order valence-corrected chi connectivity index (χ4v) is 4.01. The van der Waals surface area contributed by atoms with E-state index in [1.165, 1.54) is 0 Å². The second-order valence-electron chi connectivity index (χ2n) is 7.57. The van der Waals surface area contributed by atoms with Gasteiger partial charge in [0, 0.05) is 54.9 Å². The van der Waals surface area contributed by atoms with E-state index in [0.29, 0.717) is 19.6 Å². The van der Waals surface area contributed by atoms with E-state index in [9.17, 15) is 4.79 Å². The van der Waals surface area contributed by atoms with E-state index >= 15 is 0 Å². The number of piperazine rings is 1. The van der Waals surface area contributed by atoms with Gasteiger partial charge < -0.3 is 25.0 Å². The third-order valence-electron chi connectivity index (χ3n) is 5.56. The molecule has 8 heteroatoms. The van der Waals surface area contributed by atoms with Gasteiger partial charge in [-0.05, 0) is 36.8 Å². The van der Waals surface area contributed by atoms with Crippen molar-refractivity contribution in [2.75, 3.05) is 44.2 Å². The van der Waals surface area contributed by atoms with Crippen LogP contribution in [0.25, 0.3) is 22.2 Å². The zero-order valence-electron chi connectivity index (χ0n) is 16.7. The maximum absolute atomic E-state index is 12.2. The number of carbonyl (C=O) groups excluding carboxylic acids is 1. The fourth-order valence-electron chi connectivity index (χ4n) is 4.01. The molecule has 0 saturated carbocycles. The van der Waals surface area contributed by atoms with Crippen LogP contribution in [0.4, 0.5) is 10.5 Å². The summed E-state index contributed by atoms with van der Waals surface area (Å²) in [4.78, 5) is 14.5. The maximum atomic E-state index is 12.2. The van der Waals surface area contributed by atoms with E-state index in [1.54, 1.807) is 0 Å². The van der Waals surface area contributed by atoms with Gasteiger partial charge in [0.25, 0.3) is 0 Å². The van der Waals surface area contributed by atoms with Gasteiger partial charge in [-0.1, -0.05) is 6.07 Å². The second kappa shape index (κ2) is 8.23. The molecule has 156 valence electrons. The first-order valence-electron chi connectivity index (χ1n) is 10.4. The Morgan fingerprint density at radius 3 is 2.80 bits per heavy atom. The van der Waals surface area contributed by atoms with E-state index in [1.807, 2.05) is 18.2 Å². The quantitative estimate of drug-likeness (QED) is 0.575. The molecule has 5 rings (SSSR count). The van der Waals surface area contributed by atoms with Crippen LogP contribution in [0.15, 0.2) is 36.4 Å². The van der Waals surface area contributed by atoms with Gasteiger partial charge in [-0.25, -0.2) is 4.79 Å². The minimum atomic E-state index is -0.413. The minimum Gasteiger partial charge on any atom is -0.494 e. The number of nitrogens with zero attached hydrogens (tertiary/aromatic N) is 2. The maximum Gasteiger partial charge on any atom is 0.407 e. The van der Waals surface area contributed by atoms with E-state index in [-0.39, 0.29) is 6.61 Å². The molecule has 3 aromatic rings. The van der Waals surface area contributed by atoms with Gasteiger partial charge in [0.15, 0.2) is 0 Å². The Morgan fingerprint density at radius 1 is 1.00 bits per heavy atom. The molecule has 3 N–H and O–H groups in total. The topological polar surface area (TPSA) is 91.5 Å². The number of aromatic amines is 1. The molecule has 0 spiro atoms. The standard InChI is InChI=1S/C22H25N5O3/c28-22-24-6-1-11-29-17-3-4-19-18(13-17)21(26-25-19)15-2-5-20(16(12-15)14-30-22)27-9-7-23-8-10-27/h2-5,12-13,23H,1,6-11,14H2,(H,24,28)(H,25,26). The lowest BCUT2D eigenvalue weighted by atomic mass is 10.0. The molecule has 0 unspecified atom stereocenters. The van der Waals surface area contributed by atoms with Crippen LogP contribution < -0.4 is 20.3 Å². The molecule has 2 aliphatic heterocycles. The van der Waals surface area contributed by atoms with Crippen molar-refractivity contribution in [3.63, 3.8) is 0 Å². The van der Waals surface area contributed by atoms with Gasteiger partial charge in [-0.2, -0.15) is 5.10 Å². The third kappa shape index (κ3) is 3.78. The number of cyclic esters (lactones) is 1. The number of hydrogen-bond acceptors (Lipinski definition) is 6. The molecular formula is C22H25N5O3. The lowest BCUT2D eigenvalue weighted by molar-refractivity contribution is 0.139. The van der Waals surface area contributed by atoms with Crippen LogP contribution in [-0.2, 0) is 11.3 Å². The van der Waals surface area contributed by atoms with Crippen molar-refractivity contribution in [1.29, 1.82) is 0 Å². The number of rotatable bonds is 1. The number of fused-ring (bicyclic) bond motifs is 4. The number of H-pyrrole nitrogens is 1. The SMILES string of the molecule is O=C1NCCCOc2ccc3[nH]nc(c3c2)-c2ccc(N3CCNCC3)c(c2)CO1. The summed E-state index contributed by atoms with van der Waals surface area (Å²) in [6.45, 7) is 4.95. The van der Waals surface area contributed by atoms with Gasteiger partial charge in [0.2, 0.25) is 0 Å². The van der Waals surface area contributed by atoms with Crippen LogP contribution in [0, 0.1) is 0 Å². The zero-order valence-corrected chi connectivity index (χ0v) is 16.7. The average molecular weight is 407 g/mol. The summed E-state index contributed by atoms with van der Waals surface area (Å²) in [7, 11) is 0. The molecule has 1 fully saturated rings. The molecule has 4 bridgehead atoms. The van der Waals surface area contributed by atoms with Crippen LogP contribution >= 0.6 is 0 Å². The second-order valence-corrected chi connectivity index (χ2v) is 7.57. The highest BCUT2D eigenvalue weighted by molar-refractivity contribution is 5.94. The number of anilines is 1. The summed E-state index contributed by atoms with van der Waals surface area (Å²) < 4.78 is 11.4. The molecule has 1 saturated heterocycles. The normalized spacial score (nSPS) is 17.6. The largest absolute Gasteiger partial charge is 0.494 e. The number of nitrogens with one attached hydrogen (secondary N) is 3. The van der Waals surface area contributed by atoms with E-state index in [0.717, 1.165) is 65.3 Å². The fraction of sp³-hybridized carbons (Fsp3) is 0.364. The van der Waals surface area contributed by atoms with Crippen LogP contribution in [-0.4, -0.2) is 55.6 Å². The van der Waals surface area contributed by atoms with Crippen molar-refractivity contribution in [1.82, 2.24) is 20.8 Å². The van der Waals surface area contributed by atoms with Crippen LogP contribution in [0.5, 0.6) is 5.75 Å². The number of ether oxygens (including phenoxy) is 2. The molecule has 30 heavy (non-hydrogen) atoms. The number of aromatic nitrogens is 2. The lowest BCUT2D eigenvalue weighted by Gasteiger charge is -2.31. The predicted molar refractivity (Wildman–Crippen MR) is 115 cm³/mol. The van der Waals surface area contributed by atoms with E-state index in [4.69, 9.17) is 9.47 Å². The molecule has 0 atom stereocenters. The summed E-state index contributed by atoms with van der Waals surface area (Å²) in [5, 5.41) is 14.9. The summed E-state index contributed by atoms with van der Waals surface area (Å²) >= 11 is 0. The molecule has 2 aromatic carbocycles. The number of benzene rings is 2. The molecular weight excluding hydrogens is 382 g/mol. The Balaban J connectivity index is 1.58. The average Bonchev–Trinajstić information content (AvgIpc) is 3.20. The molecule has 2 aliphatic rings. The number of alkyl carbamates (subject to hydrolysis) is 1. The molecule has 0 radical (unpaired) electrons. The first-order valence-corrected chi connectivity index (χ1v) is 10.4. The summed E-state index contributed by atoms with van der Waals surface area (Å²) in [6, 6.07) is 12.2. The first-order chi connectivity index (χ1) is 14.8. The molecule has 8 nitrogen and oxygen atoms in total. The Hall–Kier alpha value is -3.26. The zero-order chi connectivity index (χ0) is 20.3. The van der Waals surface area contributed by atoms with Crippen molar-refractivity contribution in [3.8, 4) is 17.0 Å². The highest BCUT2D eigenvalue weighted by Gasteiger charge is 2.18. The Bertz CT molecular complexity index is 1060. The van der Waals surface area contributed by atoms with Crippen molar-refractivity contribution in [2.45, 2.75) is 13.0 Å². The molecule has 0 aliphatic carbocycles. The third-order valence-corrected chi connectivity index (χ3v) is 5.56. The van der Waals surface area contributed by atoms with Crippen LogP contribution in [0.2, 0.25) is 0 Å². The van der Waals surface area contributed by atoms with E-state index < -0.39 is 6.09 Å². The summed E-state index contributed by atoms with van der Waals surface area (Å²) in [5.41, 5.74) is 4.88. The van der Waals surface area contributed by atoms with E-state index in [2.05, 4.69) is 43.9 Å². The number of amides is 1. The highest BCUT2D eigenvalue weighted by Crippen LogP contribution is 2.33. The van der Waals surface area contributed by atoms with Crippen LogP contribution in [0.3, 0.4) is 0 Å². The van der Waals surface area contributed by atoms with Gasteiger partial charge in [-0.15, -0.1) is 0 Å². The van der Waals surface area contributed by atoms with Gasteiger partial charge in [0.05, 0.1) is 12.1 Å². The number of carbonyl (C=O) groups is 1. The highest BCUT2D eigenvalue weighted by atomic mass is 16.5. The van der Waals surface area contributed by atoms with Gasteiger partial charge in [0.1, 0.15) is 18.1 Å². The van der Waals surface area contributed by atoms with Crippen LogP contribution in [0.1, 0.15) is 12.0 Å². The van der Waals surface area contributed by atoms with Crippen molar-refractivity contribution < 1.29 is 14.3 Å². The molecule has 1 amide bonds. The van der Waals surface area contributed by atoms with Crippen molar-refractivity contribution >= 4 is 22.7 Å². The lowest BCUT2D eigenvalue weighted by Crippen LogP contribution is -2.44. The van der Waals surface area contributed by atoms with Gasteiger partial charge >= 0.3 is 6.09 Å². The Kier molecular flexibility index (Phi) is 5.15. The Labute approximate surface area is 174 Å². The monoisotopic (exact) mass is 407 g/mol. The molecule has 1 aromatic heterocycles. The first kappa shape index (κ1) is 18.7. The minimum absolute atomic E-state index is 0.211. The van der Waals surface area contributed by atoms with Crippen molar-refractivity contribution in [2.24, 2.45) is 0 Å². The smallest absolute Gasteiger partial charge is 0.407 e. The Morgan fingerprint density at radius 2 is 1.90 bits per heavy atom. The predicted octanol–water partition coefficient (Wildman–Crippen LogP) is 2.65. The molecule has 3 heterocycles. The van der Waals surface area contributed by atoms with Gasteiger partial charge in [-0.3, -0.25) is 5.10 Å². The number of hydrogen-bond donors (Lipinski definition) is 3. The summed E-state index contributed by atoms with van der Waals surface area (Å²) in [6.07, 6.45) is 0.287.